The highest BCUT2D eigenvalue weighted by Crippen LogP contribution is 2.18. The molecule has 6 heteroatoms. The molecule has 0 aromatic carbocycles. The normalized spacial score (nSPS) is 16.4. The van der Waals surface area contributed by atoms with Gasteiger partial charge in [0.05, 0.1) is 0 Å². The Labute approximate surface area is 105 Å². The number of hydrogen-bond acceptors (Lipinski definition) is 4. The first-order valence-corrected chi connectivity index (χ1v) is 6.51. The molecule has 0 bridgehead atoms. The van der Waals surface area contributed by atoms with Crippen LogP contribution in [0.1, 0.15) is 31.9 Å². The maximum absolute atomic E-state index is 11.8. The van der Waals surface area contributed by atoms with Crippen molar-refractivity contribution in [1.29, 1.82) is 0 Å². The Morgan fingerprint density at radius 3 is 2.83 bits per heavy atom. The first kappa shape index (κ1) is 11.3. The molecular weight excluding hydrogens is 230 g/mol. The van der Waals surface area contributed by atoms with Crippen LogP contribution >= 0.6 is 0 Å². The van der Waals surface area contributed by atoms with Gasteiger partial charge < -0.3 is 4.90 Å². The van der Waals surface area contributed by atoms with Crippen LogP contribution in [0.25, 0.3) is 5.65 Å². The highest BCUT2D eigenvalue weighted by atomic mass is 16.1. The third-order valence-corrected chi connectivity index (χ3v) is 3.44. The number of H-pyrrole nitrogens is 1. The number of piperidine rings is 1. The maximum Gasteiger partial charge on any atom is 0.350 e. The summed E-state index contributed by atoms with van der Waals surface area (Å²) in [6.45, 7) is 3.99. The number of fused-ring (bicyclic) bond motifs is 1. The highest BCUT2D eigenvalue weighted by Gasteiger charge is 2.18. The number of aromatic nitrogens is 4. The van der Waals surface area contributed by atoms with Crippen LogP contribution in [0.2, 0.25) is 0 Å². The van der Waals surface area contributed by atoms with Crippen molar-refractivity contribution in [3.8, 4) is 0 Å². The molecule has 1 fully saturated rings. The second-order valence-electron chi connectivity index (χ2n) is 4.67. The van der Waals surface area contributed by atoms with E-state index >= 15 is 0 Å². The van der Waals surface area contributed by atoms with Crippen LogP contribution in [0, 0.1) is 0 Å². The van der Waals surface area contributed by atoms with Crippen molar-refractivity contribution < 1.29 is 0 Å². The van der Waals surface area contributed by atoms with Crippen LogP contribution < -0.4 is 10.6 Å². The van der Waals surface area contributed by atoms with E-state index < -0.39 is 0 Å². The minimum atomic E-state index is -0.208. The van der Waals surface area contributed by atoms with Crippen LogP contribution in [0.15, 0.2) is 10.9 Å². The monoisotopic (exact) mass is 247 g/mol. The molecule has 1 aliphatic heterocycles. The Morgan fingerprint density at radius 1 is 1.33 bits per heavy atom. The zero-order chi connectivity index (χ0) is 12.5. The first-order valence-electron chi connectivity index (χ1n) is 6.51. The van der Waals surface area contributed by atoms with E-state index in [1.165, 1.54) is 6.42 Å². The lowest BCUT2D eigenvalue weighted by Gasteiger charge is -2.27. The molecule has 3 heterocycles. The smallest absolute Gasteiger partial charge is 0.342 e. The number of rotatable bonds is 2. The summed E-state index contributed by atoms with van der Waals surface area (Å²) in [5.74, 6) is 0.739. The Bertz CT molecular complexity index is 608. The van der Waals surface area contributed by atoms with Crippen molar-refractivity contribution in [2.45, 2.75) is 32.6 Å². The molecule has 2 aromatic rings. The summed E-state index contributed by atoms with van der Waals surface area (Å²) in [4.78, 5) is 18.6. The lowest BCUT2D eigenvalue weighted by molar-refractivity contribution is 0.564. The van der Waals surface area contributed by atoms with E-state index in [1.807, 2.05) is 6.07 Å². The van der Waals surface area contributed by atoms with E-state index in [9.17, 15) is 4.79 Å². The van der Waals surface area contributed by atoms with Gasteiger partial charge in [0.2, 0.25) is 5.95 Å². The van der Waals surface area contributed by atoms with Crippen molar-refractivity contribution in [3.63, 3.8) is 0 Å². The zero-order valence-electron chi connectivity index (χ0n) is 10.5. The summed E-state index contributed by atoms with van der Waals surface area (Å²) in [6.07, 6.45) is 4.42. The fourth-order valence-electron chi connectivity index (χ4n) is 2.45. The fraction of sp³-hybridized carbons (Fsp3) is 0.583. The van der Waals surface area contributed by atoms with Gasteiger partial charge in [-0.1, -0.05) is 6.92 Å². The molecule has 0 unspecified atom stereocenters. The molecule has 6 nitrogen and oxygen atoms in total. The van der Waals surface area contributed by atoms with E-state index in [0.717, 1.165) is 44.0 Å². The minimum absolute atomic E-state index is 0.208. The number of aromatic amines is 1. The van der Waals surface area contributed by atoms with Crippen LogP contribution in [0.3, 0.4) is 0 Å². The molecule has 0 aliphatic carbocycles. The molecule has 96 valence electrons. The van der Waals surface area contributed by atoms with Gasteiger partial charge in [0, 0.05) is 24.8 Å². The van der Waals surface area contributed by atoms with Gasteiger partial charge in [-0.15, -0.1) is 0 Å². The van der Waals surface area contributed by atoms with Gasteiger partial charge in [-0.25, -0.2) is 19.3 Å². The van der Waals surface area contributed by atoms with Crippen molar-refractivity contribution in [1.82, 2.24) is 19.6 Å². The van der Waals surface area contributed by atoms with Crippen LogP contribution in [-0.4, -0.2) is 32.7 Å². The van der Waals surface area contributed by atoms with Gasteiger partial charge in [-0.2, -0.15) is 5.10 Å². The van der Waals surface area contributed by atoms with Gasteiger partial charge in [0.1, 0.15) is 0 Å². The summed E-state index contributed by atoms with van der Waals surface area (Å²) in [7, 11) is 0. The summed E-state index contributed by atoms with van der Waals surface area (Å²) >= 11 is 0. The number of anilines is 1. The van der Waals surface area contributed by atoms with Crippen molar-refractivity contribution >= 4 is 11.6 Å². The van der Waals surface area contributed by atoms with Crippen molar-refractivity contribution in [3.05, 3.63) is 22.2 Å². The second kappa shape index (κ2) is 4.44. The Kier molecular flexibility index (Phi) is 2.77. The average Bonchev–Trinajstić information content (AvgIpc) is 2.80. The topological polar surface area (TPSA) is 66.3 Å². The molecular formula is C12H17N5O. The largest absolute Gasteiger partial charge is 0.350 e. The molecule has 1 N–H and O–H groups in total. The molecule has 0 saturated carbocycles. The summed E-state index contributed by atoms with van der Waals surface area (Å²) in [5.41, 5.74) is 1.43. The fourth-order valence-corrected chi connectivity index (χ4v) is 2.45. The van der Waals surface area contributed by atoms with E-state index in [4.69, 9.17) is 0 Å². The van der Waals surface area contributed by atoms with Gasteiger partial charge in [-0.05, 0) is 25.7 Å². The van der Waals surface area contributed by atoms with E-state index in [2.05, 4.69) is 27.0 Å². The quantitative estimate of drug-likeness (QED) is 0.858. The average molecular weight is 247 g/mol. The van der Waals surface area contributed by atoms with Crippen molar-refractivity contribution in [2.24, 2.45) is 0 Å². The first-order chi connectivity index (χ1) is 8.79. The predicted octanol–water partition coefficient (Wildman–Crippen LogP) is 0.970. The molecule has 3 rings (SSSR count). The van der Waals surface area contributed by atoms with Gasteiger partial charge in [0.25, 0.3) is 0 Å². The number of nitrogens with one attached hydrogen (secondary N) is 1. The lowest BCUT2D eigenvalue weighted by atomic mass is 10.1. The number of aryl methyl sites for hydroxylation is 1. The molecule has 2 aromatic heterocycles. The molecule has 0 atom stereocenters. The highest BCUT2D eigenvalue weighted by molar-refractivity contribution is 5.47. The van der Waals surface area contributed by atoms with Gasteiger partial charge >= 0.3 is 5.69 Å². The van der Waals surface area contributed by atoms with Crippen LogP contribution in [0.4, 0.5) is 5.95 Å². The second-order valence-corrected chi connectivity index (χ2v) is 4.67. The number of hydrogen-bond donors (Lipinski definition) is 1. The summed E-state index contributed by atoms with van der Waals surface area (Å²) in [6, 6.07) is 1.87. The van der Waals surface area contributed by atoms with E-state index in [-0.39, 0.29) is 5.69 Å². The van der Waals surface area contributed by atoms with Crippen molar-refractivity contribution in [2.75, 3.05) is 18.0 Å². The zero-order valence-corrected chi connectivity index (χ0v) is 10.5. The van der Waals surface area contributed by atoms with E-state index in [1.54, 1.807) is 4.40 Å². The SMILES string of the molecule is CCc1cc2n[nH]c(=O)n2c(N2CCCCC2)n1. The van der Waals surface area contributed by atoms with E-state index in [0.29, 0.717) is 5.65 Å². The van der Waals surface area contributed by atoms with Crippen LogP contribution in [0.5, 0.6) is 0 Å². The summed E-state index contributed by atoms with van der Waals surface area (Å²) < 4.78 is 1.57. The third-order valence-electron chi connectivity index (χ3n) is 3.44. The molecule has 18 heavy (non-hydrogen) atoms. The third kappa shape index (κ3) is 1.77. The van der Waals surface area contributed by atoms with Crippen LogP contribution in [-0.2, 0) is 6.42 Å². The summed E-state index contributed by atoms with van der Waals surface area (Å²) in [5, 5.41) is 6.54. The molecule has 0 spiro atoms. The number of nitrogens with zero attached hydrogens (tertiary/aromatic N) is 4. The molecule has 0 amide bonds. The standard InChI is InChI=1S/C12H17N5O/c1-2-9-8-10-14-15-12(18)17(10)11(13-9)16-6-4-3-5-7-16/h8H,2-7H2,1H3,(H,15,18). The minimum Gasteiger partial charge on any atom is -0.342 e. The Hall–Kier alpha value is -1.85. The Balaban J connectivity index is 2.17. The van der Waals surface area contributed by atoms with Gasteiger partial charge in [-0.3, -0.25) is 0 Å². The Morgan fingerprint density at radius 2 is 2.11 bits per heavy atom. The molecule has 1 aliphatic rings. The predicted molar refractivity (Wildman–Crippen MR) is 69.0 cm³/mol. The van der Waals surface area contributed by atoms with Gasteiger partial charge in [0.15, 0.2) is 5.65 Å². The molecule has 0 radical (unpaired) electrons. The lowest BCUT2D eigenvalue weighted by Crippen LogP contribution is -2.33. The molecule has 1 saturated heterocycles. The maximum atomic E-state index is 11.8.